The van der Waals surface area contributed by atoms with E-state index in [4.69, 9.17) is 0 Å². The quantitative estimate of drug-likeness (QED) is 0.826. The van der Waals surface area contributed by atoms with Gasteiger partial charge in [-0.05, 0) is 45.1 Å². The van der Waals surface area contributed by atoms with Crippen LogP contribution < -0.4 is 0 Å². The van der Waals surface area contributed by atoms with Gasteiger partial charge in [-0.15, -0.1) is 0 Å². The number of carbonyl (C=O) groups is 1. The lowest BCUT2D eigenvalue weighted by Gasteiger charge is -2.33. The standard InChI is InChI=1S/C20H31N5O/c1-4-5-11-24-13-10-21-20(24)17-7-6-12-25(14-17)19(26)9-8-18-15(2)22-23-16(18)3/h10,13,17H,4-9,11-12,14H2,1-3H3,(H,22,23)/t17-/m0/s1. The Morgan fingerprint density at radius 2 is 2.23 bits per heavy atom. The van der Waals surface area contributed by atoms with Crippen molar-refractivity contribution >= 4 is 5.91 Å². The van der Waals surface area contributed by atoms with E-state index in [0.717, 1.165) is 56.1 Å². The van der Waals surface area contributed by atoms with Gasteiger partial charge >= 0.3 is 0 Å². The van der Waals surface area contributed by atoms with E-state index in [1.165, 1.54) is 18.4 Å². The number of nitrogens with one attached hydrogen (secondary N) is 1. The van der Waals surface area contributed by atoms with Crippen LogP contribution in [-0.2, 0) is 17.8 Å². The number of aromatic amines is 1. The molecule has 0 bridgehead atoms. The topological polar surface area (TPSA) is 66.8 Å². The van der Waals surface area contributed by atoms with E-state index in [0.29, 0.717) is 12.3 Å². The maximum atomic E-state index is 12.8. The van der Waals surface area contributed by atoms with Gasteiger partial charge < -0.3 is 9.47 Å². The number of amides is 1. The van der Waals surface area contributed by atoms with Gasteiger partial charge in [0, 0.05) is 50.1 Å². The van der Waals surface area contributed by atoms with Crippen molar-refractivity contribution in [3.8, 4) is 0 Å². The minimum Gasteiger partial charge on any atom is -0.342 e. The molecule has 6 nitrogen and oxygen atoms in total. The van der Waals surface area contributed by atoms with E-state index in [9.17, 15) is 4.79 Å². The highest BCUT2D eigenvalue weighted by atomic mass is 16.2. The van der Waals surface area contributed by atoms with Crippen LogP contribution in [0.2, 0.25) is 0 Å². The van der Waals surface area contributed by atoms with Crippen LogP contribution in [0.1, 0.15) is 67.7 Å². The molecule has 26 heavy (non-hydrogen) atoms. The van der Waals surface area contributed by atoms with Crippen molar-refractivity contribution in [2.24, 2.45) is 0 Å². The Hall–Kier alpha value is -2.11. The molecular weight excluding hydrogens is 326 g/mol. The van der Waals surface area contributed by atoms with Crippen molar-refractivity contribution in [2.45, 2.75) is 71.8 Å². The molecule has 6 heteroatoms. The second-order valence-electron chi connectivity index (χ2n) is 7.42. The average Bonchev–Trinajstić information content (AvgIpc) is 3.25. The van der Waals surface area contributed by atoms with Gasteiger partial charge in [-0.1, -0.05) is 13.3 Å². The lowest BCUT2D eigenvalue weighted by Crippen LogP contribution is -2.39. The Morgan fingerprint density at radius 3 is 2.96 bits per heavy atom. The van der Waals surface area contributed by atoms with E-state index in [1.54, 1.807) is 0 Å². The molecule has 3 heterocycles. The van der Waals surface area contributed by atoms with Crippen molar-refractivity contribution in [3.63, 3.8) is 0 Å². The summed E-state index contributed by atoms with van der Waals surface area (Å²) in [7, 11) is 0. The smallest absolute Gasteiger partial charge is 0.222 e. The van der Waals surface area contributed by atoms with Gasteiger partial charge in [0.15, 0.2) is 0 Å². The Balaban J connectivity index is 1.59. The zero-order chi connectivity index (χ0) is 18.5. The third kappa shape index (κ3) is 4.17. The summed E-state index contributed by atoms with van der Waals surface area (Å²) in [5.74, 6) is 1.76. The van der Waals surface area contributed by atoms with Crippen molar-refractivity contribution in [3.05, 3.63) is 35.2 Å². The zero-order valence-electron chi connectivity index (χ0n) is 16.3. The molecule has 0 spiro atoms. The largest absolute Gasteiger partial charge is 0.342 e. The number of imidazole rings is 1. The van der Waals surface area contributed by atoms with E-state index in [1.807, 2.05) is 24.9 Å². The molecule has 0 unspecified atom stereocenters. The molecule has 0 radical (unpaired) electrons. The number of aromatic nitrogens is 4. The van der Waals surface area contributed by atoms with Gasteiger partial charge in [-0.25, -0.2) is 4.98 Å². The zero-order valence-corrected chi connectivity index (χ0v) is 16.3. The normalized spacial score (nSPS) is 17.7. The first-order chi connectivity index (χ1) is 12.6. The molecule has 142 valence electrons. The molecule has 0 aromatic carbocycles. The van der Waals surface area contributed by atoms with Gasteiger partial charge in [-0.2, -0.15) is 5.10 Å². The highest BCUT2D eigenvalue weighted by molar-refractivity contribution is 5.76. The molecule has 1 N–H and O–H groups in total. The second-order valence-corrected chi connectivity index (χ2v) is 7.42. The summed E-state index contributed by atoms with van der Waals surface area (Å²) in [6, 6.07) is 0. The van der Waals surface area contributed by atoms with E-state index in [-0.39, 0.29) is 5.91 Å². The predicted octanol–water partition coefficient (Wildman–Crippen LogP) is 3.36. The van der Waals surface area contributed by atoms with Gasteiger partial charge in [0.1, 0.15) is 5.82 Å². The van der Waals surface area contributed by atoms with E-state index in [2.05, 4.69) is 32.9 Å². The molecule has 1 aliphatic heterocycles. The Morgan fingerprint density at radius 1 is 1.38 bits per heavy atom. The van der Waals surface area contributed by atoms with Crippen molar-refractivity contribution in [1.29, 1.82) is 0 Å². The summed E-state index contributed by atoms with van der Waals surface area (Å²) in [5.41, 5.74) is 3.26. The summed E-state index contributed by atoms with van der Waals surface area (Å²) in [4.78, 5) is 19.4. The van der Waals surface area contributed by atoms with Crippen LogP contribution in [0.4, 0.5) is 0 Å². The maximum absolute atomic E-state index is 12.8. The number of unbranched alkanes of at least 4 members (excludes halogenated alkanes) is 1. The van der Waals surface area contributed by atoms with Gasteiger partial charge in [0.25, 0.3) is 0 Å². The molecule has 2 aromatic heterocycles. The average molecular weight is 358 g/mol. The molecule has 1 atom stereocenters. The van der Waals surface area contributed by atoms with Crippen LogP contribution in [0.15, 0.2) is 12.4 Å². The number of piperidine rings is 1. The lowest BCUT2D eigenvalue weighted by molar-refractivity contribution is -0.132. The summed E-state index contributed by atoms with van der Waals surface area (Å²) < 4.78 is 2.28. The van der Waals surface area contributed by atoms with Crippen LogP contribution >= 0.6 is 0 Å². The number of aryl methyl sites for hydroxylation is 3. The molecule has 0 saturated carbocycles. The summed E-state index contributed by atoms with van der Waals surface area (Å²) in [6.45, 7) is 8.92. The Labute approximate surface area is 156 Å². The highest BCUT2D eigenvalue weighted by Crippen LogP contribution is 2.27. The highest BCUT2D eigenvalue weighted by Gasteiger charge is 2.27. The number of rotatable bonds is 7. The number of likely N-dealkylation sites (tertiary alicyclic amines) is 1. The third-order valence-corrected chi connectivity index (χ3v) is 5.51. The van der Waals surface area contributed by atoms with Gasteiger partial charge in [0.2, 0.25) is 5.91 Å². The fourth-order valence-corrected chi connectivity index (χ4v) is 3.95. The van der Waals surface area contributed by atoms with Crippen LogP contribution in [0.5, 0.6) is 0 Å². The van der Waals surface area contributed by atoms with Crippen LogP contribution in [0.25, 0.3) is 0 Å². The monoisotopic (exact) mass is 357 g/mol. The van der Waals surface area contributed by atoms with Crippen LogP contribution in [0, 0.1) is 13.8 Å². The summed E-state index contributed by atoms with van der Waals surface area (Å²) in [5, 5.41) is 7.23. The molecule has 1 saturated heterocycles. The minimum atomic E-state index is 0.251. The van der Waals surface area contributed by atoms with Gasteiger partial charge in [0.05, 0.1) is 5.69 Å². The van der Waals surface area contributed by atoms with Crippen LogP contribution in [-0.4, -0.2) is 43.6 Å². The minimum absolute atomic E-state index is 0.251. The first-order valence-corrected chi connectivity index (χ1v) is 9.89. The van der Waals surface area contributed by atoms with E-state index < -0.39 is 0 Å². The van der Waals surface area contributed by atoms with E-state index >= 15 is 0 Å². The second kappa shape index (κ2) is 8.52. The van der Waals surface area contributed by atoms with Crippen molar-refractivity contribution in [2.75, 3.05) is 13.1 Å². The van der Waals surface area contributed by atoms with Crippen molar-refractivity contribution in [1.82, 2.24) is 24.6 Å². The predicted molar refractivity (Wildman–Crippen MR) is 102 cm³/mol. The summed E-state index contributed by atoms with van der Waals surface area (Å²) >= 11 is 0. The molecule has 1 fully saturated rings. The number of H-pyrrole nitrogens is 1. The molecular formula is C20H31N5O. The molecule has 1 aliphatic rings. The lowest BCUT2D eigenvalue weighted by atomic mass is 9.96. The van der Waals surface area contributed by atoms with Crippen LogP contribution in [0.3, 0.4) is 0 Å². The van der Waals surface area contributed by atoms with Crippen molar-refractivity contribution < 1.29 is 4.79 Å². The first kappa shape index (κ1) is 18.7. The Kier molecular flexibility index (Phi) is 6.12. The number of hydrogen-bond donors (Lipinski definition) is 1. The molecule has 3 rings (SSSR count). The number of nitrogens with zero attached hydrogens (tertiary/aromatic N) is 4. The fourth-order valence-electron chi connectivity index (χ4n) is 3.95. The summed E-state index contributed by atoms with van der Waals surface area (Å²) in [6.07, 6.45) is 9.82. The third-order valence-electron chi connectivity index (χ3n) is 5.51. The molecule has 1 amide bonds. The molecule has 2 aromatic rings. The molecule has 0 aliphatic carbocycles. The fraction of sp³-hybridized carbons (Fsp3) is 0.650. The SMILES string of the molecule is CCCCn1ccnc1[C@H]1CCCN(C(=O)CCc2c(C)n[nH]c2C)C1. The number of carbonyl (C=O) groups excluding carboxylic acids is 1. The van der Waals surface area contributed by atoms with Gasteiger partial charge in [-0.3, -0.25) is 9.89 Å². The maximum Gasteiger partial charge on any atom is 0.222 e. The Bertz CT molecular complexity index is 713. The number of hydrogen-bond acceptors (Lipinski definition) is 3. The first-order valence-electron chi connectivity index (χ1n) is 9.89.